The van der Waals surface area contributed by atoms with Crippen LogP contribution < -0.4 is 10.5 Å². The minimum Gasteiger partial charge on any atom is -0.331 e. The lowest BCUT2D eigenvalue weighted by Gasteiger charge is -2.11. The fourth-order valence-corrected chi connectivity index (χ4v) is 1.71. The Morgan fingerprint density at radius 1 is 1.64 bits per heavy atom. The van der Waals surface area contributed by atoms with Gasteiger partial charge in [0.1, 0.15) is 7.85 Å². The van der Waals surface area contributed by atoms with Crippen molar-refractivity contribution < 1.29 is 0 Å². The number of hydrogen-bond donors (Lipinski definition) is 2. The minimum atomic E-state index is 0.0849. The van der Waals surface area contributed by atoms with Gasteiger partial charge in [-0.05, 0) is 43.7 Å². The molecule has 0 saturated carbocycles. The van der Waals surface area contributed by atoms with Gasteiger partial charge in [-0.1, -0.05) is 18.1 Å². The van der Waals surface area contributed by atoms with Gasteiger partial charge in [-0.15, -0.1) is 0 Å². The Labute approximate surface area is 92.3 Å². The summed E-state index contributed by atoms with van der Waals surface area (Å²) in [6.07, 6.45) is 2.05. The molecule has 0 aliphatic carbocycles. The van der Waals surface area contributed by atoms with E-state index >= 15 is 0 Å². The highest BCUT2D eigenvalue weighted by molar-refractivity contribution is 8.00. The highest BCUT2D eigenvalue weighted by Crippen LogP contribution is 2.13. The van der Waals surface area contributed by atoms with Crippen LogP contribution in [0, 0.1) is 0 Å². The van der Waals surface area contributed by atoms with Crippen molar-refractivity contribution in [3.63, 3.8) is 0 Å². The molecule has 0 saturated heterocycles. The molecule has 14 heavy (non-hydrogen) atoms. The van der Waals surface area contributed by atoms with Crippen molar-refractivity contribution in [2.24, 2.45) is 5.73 Å². The molecular formula is C10H19BN2S. The monoisotopic (exact) mass is 210 g/mol. The van der Waals surface area contributed by atoms with Crippen LogP contribution in [0.4, 0.5) is 0 Å². The van der Waals surface area contributed by atoms with E-state index in [1.54, 1.807) is 0 Å². The molecule has 0 rings (SSSR count). The SMILES string of the molecule is B/C(=C/SNC(=C)C)C(=CC)C(C)N. The van der Waals surface area contributed by atoms with E-state index in [2.05, 4.69) is 25.2 Å². The van der Waals surface area contributed by atoms with E-state index in [0.29, 0.717) is 0 Å². The Hall–Kier alpha value is -0.605. The smallest absolute Gasteiger partial charge is 0.140 e. The van der Waals surface area contributed by atoms with Gasteiger partial charge in [-0.2, -0.15) is 0 Å². The molecule has 0 radical (unpaired) electrons. The topological polar surface area (TPSA) is 38.0 Å². The summed E-state index contributed by atoms with van der Waals surface area (Å²) in [7, 11) is 2.06. The third kappa shape index (κ3) is 5.20. The number of nitrogens with one attached hydrogen (secondary N) is 1. The van der Waals surface area contributed by atoms with Crippen molar-refractivity contribution in [3.8, 4) is 0 Å². The predicted octanol–water partition coefficient (Wildman–Crippen LogP) is 1.53. The molecular weight excluding hydrogens is 191 g/mol. The molecule has 1 unspecified atom stereocenters. The van der Waals surface area contributed by atoms with Crippen LogP contribution in [0.25, 0.3) is 0 Å². The molecule has 0 amide bonds. The zero-order valence-corrected chi connectivity index (χ0v) is 10.2. The minimum absolute atomic E-state index is 0.0849. The Kier molecular flexibility index (Phi) is 6.50. The van der Waals surface area contributed by atoms with Crippen molar-refractivity contribution in [1.29, 1.82) is 0 Å². The van der Waals surface area contributed by atoms with Crippen LogP contribution in [-0.2, 0) is 0 Å². The summed E-state index contributed by atoms with van der Waals surface area (Å²) in [5.41, 5.74) is 9.15. The Balaban J connectivity index is 4.29. The fraction of sp³-hybridized carbons (Fsp3) is 0.400. The first-order valence-electron chi connectivity index (χ1n) is 4.65. The van der Waals surface area contributed by atoms with Gasteiger partial charge >= 0.3 is 0 Å². The van der Waals surface area contributed by atoms with E-state index in [0.717, 1.165) is 5.70 Å². The fourth-order valence-electron chi connectivity index (χ4n) is 1.14. The van der Waals surface area contributed by atoms with Crippen LogP contribution in [0.5, 0.6) is 0 Å². The van der Waals surface area contributed by atoms with E-state index in [1.165, 1.54) is 23.0 Å². The zero-order valence-electron chi connectivity index (χ0n) is 9.42. The number of rotatable bonds is 5. The molecule has 0 fully saturated rings. The molecule has 78 valence electrons. The third-order valence-corrected chi connectivity index (χ3v) is 2.66. The van der Waals surface area contributed by atoms with Gasteiger partial charge in [-0.25, -0.2) is 0 Å². The highest BCUT2D eigenvalue weighted by Gasteiger charge is 2.03. The molecule has 3 N–H and O–H groups in total. The molecule has 0 aliphatic heterocycles. The second-order valence-corrected chi connectivity index (χ2v) is 4.01. The first kappa shape index (κ1) is 13.4. The lowest BCUT2D eigenvalue weighted by molar-refractivity contribution is 0.879. The average molecular weight is 210 g/mol. The van der Waals surface area contributed by atoms with Crippen LogP contribution in [-0.4, -0.2) is 13.9 Å². The van der Waals surface area contributed by atoms with Crippen LogP contribution in [0.1, 0.15) is 20.8 Å². The van der Waals surface area contributed by atoms with Crippen molar-refractivity contribution in [2.45, 2.75) is 26.8 Å². The zero-order chi connectivity index (χ0) is 11.1. The summed E-state index contributed by atoms with van der Waals surface area (Å²) >= 11 is 1.52. The van der Waals surface area contributed by atoms with Crippen molar-refractivity contribution in [2.75, 3.05) is 0 Å². The van der Waals surface area contributed by atoms with Gasteiger partial charge < -0.3 is 10.5 Å². The van der Waals surface area contributed by atoms with E-state index in [-0.39, 0.29) is 6.04 Å². The Morgan fingerprint density at radius 3 is 2.57 bits per heavy atom. The number of nitrogens with two attached hydrogens (primary N) is 1. The summed E-state index contributed by atoms with van der Waals surface area (Å²) in [6.45, 7) is 9.68. The summed E-state index contributed by atoms with van der Waals surface area (Å²) in [6, 6.07) is 0.0849. The van der Waals surface area contributed by atoms with E-state index in [1.807, 2.05) is 26.2 Å². The van der Waals surface area contributed by atoms with Crippen LogP contribution in [0.15, 0.2) is 34.8 Å². The summed E-state index contributed by atoms with van der Waals surface area (Å²) in [5, 5.41) is 2.05. The third-order valence-electron chi connectivity index (χ3n) is 1.73. The van der Waals surface area contributed by atoms with E-state index in [4.69, 9.17) is 5.73 Å². The van der Waals surface area contributed by atoms with Crippen molar-refractivity contribution >= 4 is 19.8 Å². The maximum Gasteiger partial charge on any atom is 0.140 e. The van der Waals surface area contributed by atoms with Crippen molar-refractivity contribution in [3.05, 3.63) is 34.8 Å². The van der Waals surface area contributed by atoms with Crippen LogP contribution in [0.2, 0.25) is 0 Å². The molecule has 0 aromatic carbocycles. The van der Waals surface area contributed by atoms with Gasteiger partial charge in [0.25, 0.3) is 0 Å². The molecule has 1 atom stereocenters. The normalized spacial score (nSPS) is 15.1. The van der Waals surface area contributed by atoms with E-state index in [9.17, 15) is 0 Å². The molecule has 0 heterocycles. The lowest BCUT2D eigenvalue weighted by atomic mass is 9.86. The molecule has 2 nitrogen and oxygen atoms in total. The van der Waals surface area contributed by atoms with Gasteiger partial charge in [0.2, 0.25) is 0 Å². The molecule has 0 bridgehead atoms. The molecule has 0 aliphatic rings. The molecule has 4 heteroatoms. The first-order chi connectivity index (χ1) is 6.49. The molecule has 0 spiro atoms. The second-order valence-electron chi connectivity index (χ2n) is 3.33. The number of allylic oxidation sites excluding steroid dienone is 2. The Morgan fingerprint density at radius 2 is 2.21 bits per heavy atom. The maximum atomic E-state index is 5.82. The van der Waals surface area contributed by atoms with Gasteiger partial charge in [-0.3, -0.25) is 0 Å². The molecule has 0 aromatic rings. The first-order valence-corrected chi connectivity index (χ1v) is 5.53. The average Bonchev–Trinajstić information content (AvgIpc) is 2.03. The molecule has 0 aromatic heterocycles. The number of hydrogen-bond acceptors (Lipinski definition) is 3. The Bertz CT molecular complexity index is 257. The van der Waals surface area contributed by atoms with Gasteiger partial charge in [0, 0.05) is 11.7 Å². The van der Waals surface area contributed by atoms with Crippen molar-refractivity contribution in [1.82, 2.24) is 4.72 Å². The van der Waals surface area contributed by atoms with Gasteiger partial charge in [0.05, 0.1) is 0 Å². The summed E-state index contributed by atoms with van der Waals surface area (Å²) in [5.74, 6) is 0. The summed E-state index contributed by atoms with van der Waals surface area (Å²) < 4.78 is 3.07. The quantitative estimate of drug-likeness (QED) is 0.410. The van der Waals surface area contributed by atoms with Crippen LogP contribution >= 0.6 is 11.9 Å². The highest BCUT2D eigenvalue weighted by atomic mass is 32.2. The van der Waals surface area contributed by atoms with Gasteiger partial charge in [0.15, 0.2) is 0 Å². The maximum absolute atomic E-state index is 5.82. The van der Waals surface area contributed by atoms with E-state index < -0.39 is 0 Å². The largest absolute Gasteiger partial charge is 0.331 e. The van der Waals surface area contributed by atoms with Crippen LogP contribution in [0.3, 0.4) is 0 Å². The summed E-state index contributed by atoms with van der Waals surface area (Å²) in [4.78, 5) is 0. The standard InChI is InChI=1S/C10H19BN2S/c1-5-9(8(4)12)10(11)6-14-13-7(2)3/h5-6,8,13H,2,11-12H2,1,3-4H3/b9-5?,10-6+. The second kappa shape index (κ2) is 6.79. The predicted molar refractivity (Wildman–Crippen MR) is 69.6 cm³/mol. The lowest BCUT2D eigenvalue weighted by Crippen LogP contribution is -2.19.